The average molecular weight is 387 g/mol. The van der Waals surface area contributed by atoms with Gasteiger partial charge in [-0.3, -0.25) is 19.7 Å². The van der Waals surface area contributed by atoms with Crippen molar-refractivity contribution in [2.24, 2.45) is 0 Å². The second kappa shape index (κ2) is 8.30. The van der Waals surface area contributed by atoms with Gasteiger partial charge in [-0.1, -0.05) is 6.92 Å². The third kappa shape index (κ3) is 4.16. The second-order valence-corrected chi connectivity index (χ2v) is 7.37. The fourth-order valence-electron chi connectivity index (χ4n) is 3.40. The predicted molar refractivity (Wildman–Crippen MR) is 103 cm³/mol. The van der Waals surface area contributed by atoms with Gasteiger partial charge < -0.3 is 10.2 Å². The number of fused-ring (bicyclic) bond motifs is 1. The van der Waals surface area contributed by atoms with Crippen molar-refractivity contribution in [3.05, 3.63) is 61.8 Å². The first-order valence-corrected chi connectivity index (χ1v) is 9.77. The molecule has 1 aromatic heterocycles. The summed E-state index contributed by atoms with van der Waals surface area (Å²) < 4.78 is 0. The highest BCUT2D eigenvalue weighted by atomic mass is 32.1. The fraction of sp³-hybridized carbons (Fsp3) is 0.368. The van der Waals surface area contributed by atoms with Gasteiger partial charge in [0.05, 0.1) is 11.0 Å². The van der Waals surface area contributed by atoms with Gasteiger partial charge in [0.15, 0.2) is 0 Å². The van der Waals surface area contributed by atoms with Crippen LogP contribution in [0.5, 0.6) is 0 Å². The molecule has 1 atom stereocenters. The van der Waals surface area contributed by atoms with Crippen LogP contribution in [0.25, 0.3) is 0 Å². The van der Waals surface area contributed by atoms with E-state index in [0.717, 1.165) is 12.8 Å². The number of carbonyl (C=O) groups excluding carboxylic acids is 2. The molecule has 3 rings (SSSR count). The summed E-state index contributed by atoms with van der Waals surface area (Å²) in [5, 5.41) is 15.4. The van der Waals surface area contributed by atoms with E-state index in [1.54, 1.807) is 11.3 Å². The number of nitrogens with one attached hydrogen (secondary N) is 1. The summed E-state index contributed by atoms with van der Waals surface area (Å²) in [6, 6.07) is 7.61. The molecule has 0 unspecified atom stereocenters. The Labute approximate surface area is 161 Å². The Morgan fingerprint density at radius 2 is 2.04 bits per heavy atom. The molecule has 8 heteroatoms. The normalized spacial score (nSPS) is 15.9. The first kappa shape index (κ1) is 19.0. The van der Waals surface area contributed by atoms with Gasteiger partial charge in [-0.05, 0) is 42.0 Å². The summed E-state index contributed by atoms with van der Waals surface area (Å²) in [5.74, 6) is -0.314. The van der Waals surface area contributed by atoms with Gasteiger partial charge in [0.25, 0.3) is 11.6 Å². The van der Waals surface area contributed by atoms with E-state index in [1.807, 2.05) is 4.90 Å². The Kier molecular flexibility index (Phi) is 5.85. The molecule has 0 fully saturated rings. The van der Waals surface area contributed by atoms with Gasteiger partial charge in [0.2, 0.25) is 5.91 Å². The zero-order chi connectivity index (χ0) is 19.4. The summed E-state index contributed by atoms with van der Waals surface area (Å²) in [6.07, 6.45) is 1.98. The summed E-state index contributed by atoms with van der Waals surface area (Å²) in [6.45, 7) is 3.02. The molecule has 2 amide bonds. The minimum Gasteiger partial charge on any atom is -0.352 e. The average Bonchev–Trinajstić information content (AvgIpc) is 3.15. The second-order valence-electron chi connectivity index (χ2n) is 6.37. The van der Waals surface area contributed by atoms with Gasteiger partial charge in [-0.15, -0.1) is 11.3 Å². The third-order valence-corrected chi connectivity index (χ3v) is 5.76. The maximum absolute atomic E-state index is 12.6. The van der Waals surface area contributed by atoms with Crippen LogP contribution in [-0.2, 0) is 11.2 Å². The molecule has 0 saturated carbocycles. The number of rotatable bonds is 6. The minimum absolute atomic E-state index is 0.0303. The number of non-ortho nitro benzene ring substituents is 1. The number of hydrogen-bond acceptors (Lipinski definition) is 5. The maximum Gasteiger partial charge on any atom is 0.269 e. The number of nitro groups is 1. The van der Waals surface area contributed by atoms with Crippen molar-refractivity contribution >= 4 is 28.8 Å². The molecule has 0 saturated heterocycles. The van der Waals surface area contributed by atoms with Crippen molar-refractivity contribution in [3.8, 4) is 0 Å². The van der Waals surface area contributed by atoms with E-state index < -0.39 is 4.92 Å². The zero-order valence-electron chi connectivity index (χ0n) is 15.0. The molecular formula is C19H21N3O4S. The van der Waals surface area contributed by atoms with Crippen LogP contribution < -0.4 is 5.32 Å². The lowest BCUT2D eigenvalue weighted by molar-refractivity contribution is -0.384. The number of nitro benzene ring substituents is 1. The van der Waals surface area contributed by atoms with E-state index in [4.69, 9.17) is 0 Å². The molecule has 0 bridgehead atoms. The van der Waals surface area contributed by atoms with Crippen LogP contribution in [0.4, 0.5) is 5.69 Å². The number of benzene rings is 1. The molecule has 0 spiro atoms. The highest BCUT2D eigenvalue weighted by molar-refractivity contribution is 7.10. The first-order chi connectivity index (χ1) is 13.0. The monoisotopic (exact) mass is 387 g/mol. The molecule has 1 aromatic carbocycles. The summed E-state index contributed by atoms with van der Waals surface area (Å²) >= 11 is 1.74. The van der Waals surface area contributed by atoms with Crippen molar-refractivity contribution in [1.82, 2.24) is 10.2 Å². The number of nitrogens with zero attached hydrogens (tertiary/aromatic N) is 2. The van der Waals surface area contributed by atoms with Crippen LogP contribution in [-0.4, -0.2) is 34.7 Å². The highest BCUT2D eigenvalue weighted by Crippen LogP contribution is 2.35. The largest absolute Gasteiger partial charge is 0.352 e. The fourth-order valence-corrected chi connectivity index (χ4v) is 4.33. The van der Waals surface area contributed by atoms with E-state index in [-0.39, 0.29) is 36.5 Å². The van der Waals surface area contributed by atoms with Gasteiger partial charge >= 0.3 is 0 Å². The molecular weight excluding hydrogens is 366 g/mol. The number of hydrogen-bond donors (Lipinski definition) is 1. The van der Waals surface area contributed by atoms with Crippen LogP contribution in [0.15, 0.2) is 35.7 Å². The van der Waals surface area contributed by atoms with Crippen molar-refractivity contribution in [1.29, 1.82) is 0 Å². The van der Waals surface area contributed by atoms with Gasteiger partial charge in [-0.2, -0.15) is 0 Å². The van der Waals surface area contributed by atoms with E-state index in [1.165, 1.54) is 34.7 Å². The molecule has 7 nitrogen and oxygen atoms in total. The standard InChI is InChI=1S/C19H21N3O4S/c1-2-16-15-9-12-27-17(15)8-11-21(16)18(23)7-10-20-19(24)13-3-5-14(6-4-13)22(25)26/h3-6,9,12,16H,2,7-8,10-11H2,1H3,(H,20,24)/t16-/m0/s1. The molecule has 1 aliphatic rings. The summed E-state index contributed by atoms with van der Waals surface area (Å²) in [7, 11) is 0. The Balaban J connectivity index is 1.53. The van der Waals surface area contributed by atoms with Crippen molar-refractivity contribution in [3.63, 3.8) is 0 Å². The SMILES string of the molecule is CC[C@H]1c2ccsc2CCN1C(=O)CCNC(=O)c1ccc([N+](=O)[O-])cc1. The molecule has 2 heterocycles. The van der Waals surface area contributed by atoms with Gasteiger partial charge in [0.1, 0.15) is 0 Å². The lowest BCUT2D eigenvalue weighted by Crippen LogP contribution is -2.40. The van der Waals surface area contributed by atoms with E-state index in [9.17, 15) is 19.7 Å². The zero-order valence-corrected chi connectivity index (χ0v) is 15.8. The minimum atomic E-state index is -0.512. The molecule has 0 radical (unpaired) electrons. The highest BCUT2D eigenvalue weighted by Gasteiger charge is 2.29. The number of thiophene rings is 1. The molecule has 1 aliphatic heterocycles. The molecule has 0 aliphatic carbocycles. The Morgan fingerprint density at radius 3 is 2.70 bits per heavy atom. The Hall–Kier alpha value is -2.74. The van der Waals surface area contributed by atoms with Crippen molar-refractivity contribution in [2.75, 3.05) is 13.1 Å². The van der Waals surface area contributed by atoms with Crippen LogP contribution in [0.1, 0.15) is 46.6 Å². The first-order valence-electron chi connectivity index (χ1n) is 8.89. The van der Waals surface area contributed by atoms with Crippen molar-refractivity contribution < 1.29 is 14.5 Å². The predicted octanol–water partition coefficient (Wildman–Crippen LogP) is 3.31. The molecule has 142 valence electrons. The van der Waals surface area contributed by atoms with Crippen LogP contribution in [0, 0.1) is 10.1 Å². The summed E-state index contributed by atoms with van der Waals surface area (Å²) in [4.78, 5) is 38.2. The lowest BCUT2D eigenvalue weighted by Gasteiger charge is -2.35. The quantitative estimate of drug-likeness (QED) is 0.608. The molecule has 1 N–H and O–H groups in total. The summed E-state index contributed by atoms with van der Waals surface area (Å²) in [5.41, 5.74) is 1.52. The Bertz CT molecular complexity index is 847. The topological polar surface area (TPSA) is 92.6 Å². The molecule has 2 aromatic rings. The smallest absolute Gasteiger partial charge is 0.269 e. The molecule has 27 heavy (non-hydrogen) atoms. The van der Waals surface area contributed by atoms with E-state index in [2.05, 4.69) is 23.7 Å². The Morgan fingerprint density at radius 1 is 1.30 bits per heavy atom. The number of carbonyl (C=O) groups is 2. The lowest BCUT2D eigenvalue weighted by atomic mass is 9.97. The third-order valence-electron chi connectivity index (χ3n) is 4.77. The maximum atomic E-state index is 12.6. The van der Waals surface area contributed by atoms with Gasteiger partial charge in [0, 0.05) is 42.1 Å². The van der Waals surface area contributed by atoms with E-state index >= 15 is 0 Å². The van der Waals surface area contributed by atoms with E-state index in [0.29, 0.717) is 12.1 Å². The van der Waals surface area contributed by atoms with Crippen LogP contribution >= 0.6 is 11.3 Å². The van der Waals surface area contributed by atoms with Crippen LogP contribution in [0.2, 0.25) is 0 Å². The van der Waals surface area contributed by atoms with Crippen LogP contribution in [0.3, 0.4) is 0 Å². The van der Waals surface area contributed by atoms with Gasteiger partial charge in [-0.25, -0.2) is 0 Å². The van der Waals surface area contributed by atoms with Crippen molar-refractivity contribution in [2.45, 2.75) is 32.2 Å². The number of amides is 2.